The third-order valence-corrected chi connectivity index (χ3v) is 2.16. The largest absolute Gasteiger partial charge is 0.294 e. The van der Waals surface area contributed by atoms with Crippen LogP contribution in [0.1, 0.15) is 10.4 Å². The van der Waals surface area contributed by atoms with Crippen molar-refractivity contribution in [3.05, 3.63) is 48.0 Å². The summed E-state index contributed by atoms with van der Waals surface area (Å²) >= 11 is 0. The highest BCUT2D eigenvalue weighted by Crippen LogP contribution is 2.21. The first-order valence-electron chi connectivity index (χ1n) is 4.29. The average molecular weight is 184 g/mol. The normalized spacial score (nSPS) is 10.0. The van der Waals surface area contributed by atoms with Crippen LogP contribution in [-0.4, -0.2) is 12.1 Å². The van der Waals surface area contributed by atoms with E-state index < -0.39 is 5.78 Å². The zero-order valence-corrected chi connectivity index (χ0v) is 7.44. The minimum Gasteiger partial charge on any atom is -0.294 e. The molecule has 0 amide bonds. The van der Waals surface area contributed by atoms with E-state index in [-0.39, 0.29) is 0 Å². The number of carbonyl (C=O) groups is 2. The second kappa shape index (κ2) is 3.42. The molecule has 0 saturated carbocycles. The zero-order chi connectivity index (χ0) is 9.97. The molecule has 0 aromatic carbocycles. The predicted molar refractivity (Wildman–Crippen MR) is 53.5 cm³/mol. The van der Waals surface area contributed by atoms with Gasteiger partial charge in [-0.15, -0.1) is 0 Å². The lowest BCUT2D eigenvalue weighted by atomic mass is 10.2. The van der Waals surface area contributed by atoms with E-state index in [9.17, 15) is 9.59 Å². The zero-order valence-electron chi connectivity index (χ0n) is 7.44. The SMILES string of the molecule is O=CC(=O)c1ccc2cccc-2cc1. The lowest BCUT2D eigenvalue weighted by Gasteiger charge is -1.85. The Balaban J connectivity index is 2.56. The van der Waals surface area contributed by atoms with Crippen molar-refractivity contribution >= 4 is 12.1 Å². The highest BCUT2D eigenvalue weighted by molar-refractivity contribution is 6.33. The molecular formula is C12H8O2. The minimum atomic E-state index is -0.484. The lowest BCUT2D eigenvalue weighted by molar-refractivity contribution is -0.104. The van der Waals surface area contributed by atoms with Gasteiger partial charge in [0.1, 0.15) is 0 Å². The van der Waals surface area contributed by atoms with Gasteiger partial charge in [0.15, 0.2) is 6.29 Å². The maximum Gasteiger partial charge on any atom is 0.225 e. The van der Waals surface area contributed by atoms with Crippen LogP contribution in [0, 0.1) is 0 Å². The van der Waals surface area contributed by atoms with Crippen molar-refractivity contribution in [2.45, 2.75) is 0 Å². The molecule has 0 bridgehead atoms. The smallest absolute Gasteiger partial charge is 0.225 e. The number of fused-ring (bicyclic) bond motifs is 1. The van der Waals surface area contributed by atoms with Crippen LogP contribution in [0.25, 0.3) is 11.1 Å². The Morgan fingerprint density at radius 3 is 2.00 bits per heavy atom. The first-order chi connectivity index (χ1) is 6.81. The Morgan fingerprint density at radius 1 is 0.929 bits per heavy atom. The van der Waals surface area contributed by atoms with E-state index in [0.29, 0.717) is 11.8 Å². The third kappa shape index (κ3) is 1.42. The summed E-state index contributed by atoms with van der Waals surface area (Å²) in [6, 6.07) is 12.9. The molecule has 14 heavy (non-hydrogen) atoms. The van der Waals surface area contributed by atoms with Gasteiger partial charge >= 0.3 is 0 Å². The summed E-state index contributed by atoms with van der Waals surface area (Å²) in [5.41, 5.74) is 2.56. The summed E-state index contributed by atoms with van der Waals surface area (Å²) < 4.78 is 0. The van der Waals surface area contributed by atoms with E-state index in [2.05, 4.69) is 0 Å². The van der Waals surface area contributed by atoms with Crippen molar-refractivity contribution in [1.82, 2.24) is 0 Å². The molecule has 68 valence electrons. The first kappa shape index (κ1) is 8.63. The average Bonchev–Trinajstić information content (AvgIpc) is 2.56. The molecule has 0 atom stereocenters. The van der Waals surface area contributed by atoms with Gasteiger partial charge in [0, 0.05) is 5.56 Å². The van der Waals surface area contributed by atoms with E-state index in [1.807, 2.05) is 30.3 Å². The van der Waals surface area contributed by atoms with Gasteiger partial charge in [0.25, 0.3) is 0 Å². The van der Waals surface area contributed by atoms with Crippen LogP contribution in [0.4, 0.5) is 0 Å². The van der Waals surface area contributed by atoms with Gasteiger partial charge < -0.3 is 0 Å². The molecule has 0 spiro atoms. The van der Waals surface area contributed by atoms with E-state index in [0.717, 1.165) is 11.1 Å². The Hall–Kier alpha value is -1.96. The van der Waals surface area contributed by atoms with Crippen LogP contribution in [0.5, 0.6) is 0 Å². The maximum atomic E-state index is 11.1. The molecule has 0 aliphatic heterocycles. The van der Waals surface area contributed by atoms with Gasteiger partial charge in [-0.25, -0.2) is 0 Å². The van der Waals surface area contributed by atoms with Crippen molar-refractivity contribution < 1.29 is 9.59 Å². The second-order valence-electron chi connectivity index (χ2n) is 3.04. The topological polar surface area (TPSA) is 34.1 Å². The van der Waals surface area contributed by atoms with E-state index in [1.165, 1.54) is 0 Å². The van der Waals surface area contributed by atoms with Gasteiger partial charge in [0.05, 0.1) is 0 Å². The maximum absolute atomic E-state index is 11.1. The number of aldehydes is 1. The Labute approximate surface area is 81.5 Å². The molecule has 2 nitrogen and oxygen atoms in total. The number of carbonyl (C=O) groups excluding carboxylic acids is 2. The van der Waals surface area contributed by atoms with Crippen molar-refractivity contribution in [2.75, 3.05) is 0 Å². The number of rotatable bonds is 2. The molecule has 0 heterocycles. The first-order valence-corrected chi connectivity index (χ1v) is 4.29. The Kier molecular flexibility index (Phi) is 2.11. The molecule has 2 aliphatic rings. The number of hydrogen-bond acceptors (Lipinski definition) is 2. The summed E-state index contributed by atoms with van der Waals surface area (Å²) in [6.45, 7) is 0. The van der Waals surface area contributed by atoms with Crippen molar-refractivity contribution in [1.29, 1.82) is 0 Å². The van der Waals surface area contributed by atoms with Crippen LogP contribution < -0.4 is 0 Å². The standard InChI is InChI=1S/C12H8O2/c13-8-12(14)11-6-4-9-2-1-3-10(9)5-7-11/h1-8H. The number of hydrogen-bond donors (Lipinski definition) is 0. The van der Waals surface area contributed by atoms with Gasteiger partial charge in [-0.2, -0.15) is 0 Å². The lowest BCUT2D eigenvalue weighted by Crippen LogP contribution is -1.97. The summed E-state index contributed by atoms with van der Waals surface area (Å²) in [7, 11) is 0. The monoisotopic (exact) mass is 184 g/mol. The highest BCUT2D eigenvalue weighted by atomic mass is 16.2. The van der Waals surface area contributed by atoms with Crippen molar-refractivity contribution in [3.8, 4) is 11.1 Å². The molecule has 0 fully saturated rings. The van der Waals surface area contributed by atoms with Gasteiger partial charge in [-0.3, -0.25) is 9.59 Å². The fourth-order valence-corrected chi connectivity index (χ4v) is 1.40. The van der Waals surface area contributed by atoms with E-state index in [1.54, 1.807) is 12.1 Å². The highest BCUT2D eigenvalue weighted by Gasteiger charge is 2.04. The number of ketones is 1. The third-order valence-electron chi connectivity index (χ3n) is 2.16. The van der Waals surface area contributed by atoms with Crippen molar-refractivity contribution in [3.63, 3.8) is 0 Å². The van der Waals surface area contributed by atoms with Crippen LogP contribution in [0.3, 0.4) is 0 Å². The Morgan fingerprint density at radius 2 is 1.50 bits per heavy atom. The fourth-order valence-electron chi connectivity index (χ4n) is 1.40. The summed E-state index contributed by atoms with van der Waals surface area (Å²) in [4.78, 5) is 21.4. The summed E-state index contributed by atoms with van der Waals surface area (Å²) in [6.07, 6.45) is 0.333. The quantitative estimate of drug-likeness (QED) is 0.407. The van der Waals surface area contributed by atoms with E-state index >= 15 is 0 Å². The minimum absolute atomic E-state index is 0.333. The van der Waals surface area contributed by atoms with Crippen molar-refractivity contribution in [2.24, 2.45) is 0 Å². The number of Topliss-reactive ketones (excluding diaryl/α,β-unsaturated/α-hetero) is 1. The molecule has 0 radical (unpaired) electrons. The molecular weight excluding hydrogens is 176 g/mol. The van der Waals surface area contributed by atoms with Gasteiger partial charge in [0.2, 0.25) is 5.78 Å². The second-order valence-corrected chi connectivity index (χ2v) is 3.04. The molecule has 0 aromatic rings. The van der Waals surface area contributed by atoms with Gasteiger partial charge in [-0.05, 0) is 11.1 Å². The molecule has 0 aromatic heterocycles. The molecule has 2 aliphatic carbocycles. The van der Waals surface area contributed by atoms with Crippen LogP contribution in [0.15, 0.2) is 42.5 Å². The molecule has 2 rings (SSSR count). The Bertz CT molecular complexity index is 429. The molecule has 2 heteroatoms. The molecule has 0 N–H and O–H groups in total. The van der Waals surface area contributed by atoms with Gasteiger partial charge in [-0.1, -0.05) is 42.5 Å². The van der Waals surface area contributed by atoms with Crippen LogP contribution >= 0.6 is 0 Å². The van der Waals surface area contributed by atoms with E-state index in [4.69, 9.17) is 0 Å². The van der Waals surface area contributed by atoms with Crippen LogP contribution in [-0.2, 0) is 4.79 Å². The fraction of sp³-hybridized carbons (Fsp3) is 0. The summed E-state index contributed by atoms with van der Waals surface area (Å²) in [5, 5.41) is 0. The molecule has 0 saturated heterocycles. The predicted octanol–water partition coefficient (Wildman–Crippen LogP) is 2.17. The summed E-state index contributed by atoms with van der Waals surface area (Å²) in [5.74, 6) is -0.484. The molecule has 0 unspecified atom stereocenters. The van der Waals surface area contributed by atoms with Crippen LogP contribution in [0.2, 0.25) is 0 Å².